The third kappa shape index (κ3) is 2.46. The highest BCUT2D eigenvalue weighted by molar-refractivity contribution is 5.38. The summed E-state index contributed by atoms with van der Waals surface area (Å²) < 4.78 is 0. The molecular formula is C15H23N. The molecule has 0 spiro atoms. The fourth-order valence-electron chi connectivity index (χ4n) is 2.50. The van der Waals surface area contributed by atoms with Crippen LogP contribution in [0, 0.1) is 13.8 Å². The third-order valence-corrected chi connectivity index (χ3v) is 3.58. The van der Waals surface area contributed by atoms with Gasteiger partial charge in [-0.25, -0.2) is 0 Å². The van der Waals surface area contributed by atoms with Crippen molar-refractivity contribution in [2.75, 3.05) is 13.1 Å². The lowest BCUT2D eigenvalue weighted by molar-refractivity contribution is 0.571. The molecule has 1 aromatic carbocycles. The van der Waals surface area contributed by atoms with Crippen LogP contribution in [-0.4, -0.2) is 13.1 Å². The Morgan fingerprint density at radius 3 is 2.25 bits per heavy atom. The van der Waals surface area contributed by atoms with Gasteiger partial charge < -0.3 is 5.32 Å². The Morgan fingerprint density at radius 1 is 1.12 bits per heavy atom. The lowest BCUT2D eigenvalue weighted by Gasteiger charge is -2.17. The number of hydrogen-bond donors (Lipinski definition) is 1. The van der Waals surface area contributed by atoms with Crippen LogP contribution in [0.25, 0.3) is 0 Å². The highest BCUT2D eigenvalue weighted by Crippen LogP contribution is 2.48. The zero-order valence-electron chi connectivity index (χ0n) is 10.8. The molecule has 0 atom stereocenters. The summed E-state index contributed by atoms with van der Waals surface area (Å²) >= 11 is 0. The molecule has 1 fully saturated rings. The largest absolute Gasteiger partial charge is 0.316 e. The first-order chi connectivity index (χ1) is 7.66. The molecule has 1 N–H and O–H groups in total. The predicted octanol–water partition coefficient (Wildman–Crippen LogP) is 3.33. The minimum absolute atomic E-state index is 0.464. The van der Waals surface area contributed by atoms with Crippen LogP contribution >= 0.6 is 0 Å². The molecule has 1 aliphatic carbocycles. The smallest absolute Gasteiger partial charge is 0.00786 e. The Morgan fingerprint density at radius 2 is 1.75 bits per heavy atom. The Kier molecular flexibility index (Phi) is 3.34. The van der Waals surface area contributed by atoms with E-state index >= 15 is 0 Å². The van der Waals surface area contributed by atoms with Gasteiger partial charge in [0.15, 0.2) is 0 Å². The first-order valence-corrected chi connectivity index (χ1v) is 6.46. The molecule has 0 saturated heterocycles. The van der Waals surface area contributed by atoms with Crippen molar-refractivity contribution in [1.82, 2.24) is 5.32 Å². The molecule has 1 heteroatoms. The van der Waals surface area contributed by atoms with Crippen molar-refractivity contribution >= 4 is 0 Å². The van der Waals surface area contributed by atoms with Gasteiger partial charge in [-0.2, -0.15) is 0 Å². The van der Waals surface area contributed by atoms with Crippen molar-refractivity contribution in [3.8, 4) is 0 Å². The molecule has 0 bridgehead atoms. The van der Waals surface area contributed by atoms with E-state index in [9.17, 15) is 0 Å². The molecule has 0 aromatic heterocycles. The molecule has 1 aromatic rings. The average molecular weight is 217 g/mol. The van der Waals surface area contributed by atoms with E-state index in [0.29, 0.717) is 5.41 Å². The topological polar surface area (TPSA) is 12.0 Å². The molecule has 1 aliphatic rings. The van der Waals surface area contributed by atoms with Gasteiger partial charge in [0.25, 0.3) is 0 Å². The Labute approximate surface area is 99.3 Å². The van der Waals surface area contributed by atoms with Gasteiger partial charge in [-0.1, -0.05) is 36.2 Å². The summed E-state index contributed by atoms with van der Waals surface area (Å²) in [5.41, 5.74) is 4.81. The number of benzene rings is 1. The summed E-state index contributed by atoms with van der Waals surface area (Å²) in [5, 5.41) is 3.58. The molecule has 0 radical (unpaired) electrons. The van der Waals surface area contributed by atoms with E-state index in [-0.39, 0.29) is 0 Å². The van der Waals surface area contributed by atoms with Crippen LogP contribution in [0.5, 0.6) is 0 Å². The van der Waals surface area contributed by atoms with Crippen molar-refractivity contribution < 1.29 is 0 Å². The van der Waals surface area contributed by atoms with E-state index in [4.69, 9.17) is 0 Å². The van der Waals surface area contributed by atoms with Crippen LogP contribution in [-0.2, 0) is 5.41 Å². The predicted molar refractivity (Wildman–Crippen MR) is 70.0 cm³/mol. The van der Waals surface area contributed by atoms with E-state index in [0.717, 1.165) is 13.1 Å². The molecule has 16 heavy (non-hydrogen) atoms. The lowest BCUT2D eigenvalue weighted by atomic mass is 9.93. The maximum absolute atomic E-state index is 3.58. The molecule has 88 valence electrons. The van der Waals surface area contributed by atoms with Crippen LogP contribution in [0.15, 0.2) is 18.2 Å². The van der Waals surface area contributed by atoms with Crippen LogP contribution in [0.1, 0.15) is 42.9 Å². The van der Waals surface area contributed by atoms with Crippen LogP contribution < -0.4 is 5.32 Å². The summed E-state index contributed by atoms with van der Waals surface area (Å²) in [6.07, 6.45) is 3.93. The lowest BCUT2D eigenvalue weighted by Crippen LogP contribution is -2.27. The number of hydrogen-bond acceptors (Lipinski definition) is 1. The quantitative estimate of drug-likeness (QED) is 0.746. The van der Waals surface area contributed by atoms with E-state index in [1.54, 1.807) is 5.56 Å². The van der Waals surface area contributed by atoms with Crippen molar-refractivity contribution in [2.24, 2.45) is 0 Å². The van der Waals surface area contributed by atoms with Crippen molar-refractivity contribution in [3.05, 3.63) is 34.9 Å². The normalized spacial score (nSPS) is 17.4. The molecule has 0 heterocycles. The van der Waals surface area contributed by atoms with Crippen molar-refractivity contribution in [1.29, 1.82) is 0 Å². The standard InChI is InChI=1S/C15H23N/c1-4-7-16-11-15(5-6-15)14-9-12(2)8-13(3)10-14/h8-10,16H,4-7,11H2,1-3H3. The van der Waals surface area contributed by atoms with Crippen molar-refractivity contribution in [2.45, 2.75) is 45.4 Å². The van der Waals surface area contributed by atoms with Gasteiger partial charge in [0.1, 0.15) is 0 Å². The summed E-state index contributed by atoms with van der Waals surface area (Å²) in [5.74, 6) is 0. The first-order valence-electron chi connectivity index (χ1n) is 6.46. The molecule has 0 aliphatic heterocycles. The molecule has 0 unspecified atom stereocenters. The van der Waals surface area contributed by atoms with Crippen LogP contribution in [0.3, 0.4) is 0 Å². The van der Waals surface area contributed by atoms with Gasteiger partial charge >= 0.3 is 0 Å². The second-order valence-electron chi connectivity index (χ2n) is 5.33. The first kappa shape index (κ1) is 11.7. The zero-order valence-corrected chi connectivity index (χ0v) is 10.8. The van der Waals surface area contributed by atoms with Gasteiger partial charge in [0, 0.05) is 12.0 Å². The summed E-state index contributed by atoms with van der Waals surface area (Å²) in [7, 11) is 0. The highest BCUT2D eigenvalue weighted by atomic mass is 14.9. The van der Waals surface area contributed by atoms with Gasteiger partial charge in [-0.3, -0.25) is 0 Å². The van der Waals surface area contributed by atoms with Crippen LogP contribution in [0.2, 0.25) is 0 Å². The van der Waals surface area contributed by atoms with Gasteiger partial charge in [0.05, 0.1) is 0 Å². The van der Waals surface area contributed by atoms with Crippen LogP contribution in [0.4, 0.5) is 0 Å². The summed E-state index contributed by atoms with van der Waals surface area (Å²) in [6, 6.07) is 7.00. The Bertz CT molecular complexity index is 343. The maximum atomic E-state index is 3.58. The molecule has 1 saturated carbocycles. The van der Waals surface area contributed by atoms with E-state index in [2.05, 4.69) is 44.3 Å². The van der Waals surface area contributed by atoms with Crippen molar-refractivity contribution in [3.63, 3.8) is 0 Å². The van der Waals surface area contributed by atoms with E-state index in [1.165, 1.54) is 30.4 Å². The third-order valence-electron chi connectivity index (χ3n) is 3.58. The van der Waals surface area contributed by atoms with Gasteiger partial charge in [-0.15, -0.1) is 0 Å². The maximum Gasteiger partial charge on any atom is 0.00786 e. The summed E-state index contributed by atoms with van der Waals surface area (Å²) in [6.45, 7) is 8.93. The Hall–Kier alpha value is -0.820. The highest BCUT2D eigenvalue weighted by Gasteiger charge is 2.43. The second kappa shape index (κ2) is 4.58. The fourth-order valence-corrected chi connectivity index (χ4v) is 2.50. The molecule has 1 nitrogen and oxygen atoms in total. The SMILES string of the molecule is CCCNCC1(c2cc(C)cc(C)c2)CC1. The molecular weight excluding hydrogens is 194 g/mol. The average Bonchev–Trinajstić information content (AvgIpc) is 2.98. The number of aryl methyl sites for hydroxylation is 2. The molecule has 2 rings (SSSR count). The number of nitrogens with one attached hydrogen (secondary N) is 1. The molecule has 0 amide bonds. The minimum atomic E-state index is 0.464. The van der Waals surface area contributed by atoms with Gasteiger partial charge in [-0.05, 0) is 45.2 Å². The monoisotopic (exact) mass is 217 g/mol. The summed E-state index contributed by atoms with van der Waals surface area (Å²) in [4.78, 5) is 0. The van der Waals surface area contributed by atoms with E-state index < -0.39 is 0 Å². The number of rotatable bonds is 5. The van der Waals surface area contributed by atoms with Gasteiger partial charge in [0.2, 0.25) is 0 Å². The second-order valence-corrected chi connectivity index (χ2v) is 5.33. The zero-order chi connectivity index (χ0) is 11.6. The van der Waals surface area contributed by atoms with E-state index in [1.807, 2.05) is 0 Å². The Balaban J connectivity index is 2.10. The fraction of sp³-hybridized carbons (Fsp3) is 0.600. The minimum Gasteiger partial charge on any atom is -0.316 e.